The van der Waals surface area contributed by atoms with Crippen LogP contribution < -0.4 is 14.2 Å². The van der Waals surface area contributed by atoms with Crippen LogP contribution in [0.1, 0.15) is 43.4 Å². The molecule has 0 radical (unpaired) electrons. The van der Waals surface area contributed by atoms with Gasteiger partial charge in [-0.15, -0.1) is 11.3 Å². The molecule has 1 fully saturated rings. The van der Waals surface area contributed by atoms with Gasteiger partial charge in [0.2, 0.25) is 0 Å². The number of nitrogens with one attached hydrogen (secondary N) is 1. The van der Waals surface area contributed by atoms with E-state index in [0.717, 1.165) is 12.0 Å². The van der Waals surface area contributed by atoms with Gasteiger partial charge in [-0.1, -0.05) is 30.3 Å². The van der Waals surface area contributed by atoms with Crippen molar-refractivity contribution in [1.29, 1.82) is 0 Å². The van der Waals surface area contributed by atoms with Crippen LogP contribution in [-0.2, 0) is 23.2 Å². The predicted octanol–water partition coefficient (Wildman–Crippen LogP) is 3.77. The lowest BCUT2D eigenvalue weighted by atomic mass is 10.1. The summed E-state index contributed by atoms with van der Waals surface area (Å²) in [5, 5.41) is 2.03. The molecule has 1 N–H and O–H groups in total. The number of hydrogen-bond donors (Lipinski definition) is 1. The van der Waals surface area contributed by atoms with Gasteiger partial charge in [-0.05, 0) is 37.5 Å². The van der Waals surface area contributed by atoms with Crippen molar-refractivity contribution in [3.63, 3.8) is 0 Å². The summed E-state index contributed by atoms with van der Waals surface area (Å²) in [5.74, 6) is 1.42. The monoisotopic (exact) mass is 618 g/mol. The highest BCUT2D eigenvalue weighted by molar-refractivity contribution is 7.99. The number of rotatable bonds is 12. The second-order valence-electron chi connectivity index (χ2n) is 9.40. The van der Waals surface area contributed by atoms with E-state index in [0.29, 0.717) is 59.6 Å². The Morgan fingerprint density at radius 1 is 1.07 bits per heavy atom. The summed E-state index contributed by atoms with van der Waals surface area (Å²) in [6.07, 6.45) is 1.49. The Hall–Kier alpha value is -3.13. The summed E-state index contributed by atoms with van der Waals surface area (Å²) < 4.78 is 39.6. The van der Waals surface area contributed by atoms with Gasteiger partial charge in [0.1, 0.15) is 22.2 Å². The Kier molecular flexibility index (Phi) is 10.6. The Balaban J connectivity index is 1.51. The predicted molar refractivity (Wildman–Crippen MR) is 161 cm³/mol. The number of nitrogens with zero attached hydrogens (tertiary/aromatic N) is 3. The first kappa shape index (κ1) is 30.8. The van der Waals surface area contributed by atoms with Crippen LogP contribution in [0.15, 0.2) is 47.8 Å². The van der Waals surface area contributed by atoms with Crippen LogP contribution in [0.5, 0.6) is 11.5 Å². The van der Waals surface area contributed by atoms with Gasteiger partial charge in [0, 0.05) is 47.6 Å². The molecule has 0 aliphatic carbocycles. The van der Waals surface area contributed by atoms with E-state index in [1.807, 2.05) is 37.3 Å². The molecular weight excluding hydrogens is 585 g/mol. The first-order valence-corrected chi connectivity index (χ1v) is 16.6. The number of thioether (sulfide) groups is 1. The van der Waals surface area contributed by atoms with Crippen molar-refractivity contribution in [2.24, 2.45) is 0 Å². The third kappa shape index (κ3) is 8.00. The van der Waals surface area contributed by atoms with Gasteiger partial charge in [-0.3, -0.25) is 9.59 Å². The van der Waals surface area contributed by atoms with E-state index in [9.17, 15) is 18.0 Å². The summed E-state index contributed by atoms with van der Waals surface area (Å²) in [6.45, 7) is 3.15. The summed E-state index contributed by atoms with van der Waals surface area (Å²) in [6, 6.07) is 13.4. The highest BCUT2D eigenvalue weighted by Gasteiger charge is 2.28. The lowest BCUT2D eigenvalue weighted by Crippen LogP contribution is -2.46. The molecule has 0 spiro atoms. The van der Waals surface area contributed by atoms with E-state index in [-0.39, 0.29) is 18.1 Å². The fourth-order valence-electron chi connectivity index (χ4n) is 4.44. The van der Waals surface area contributed by atoms with Crippen LogP contribution in [0.4, 0.5) is 0 Å². The molecule has 41 heavy (non-hydrogen) atoms. The molecule has 0 atom stereocenters. The van der Waals surface area contributed by atoms with Crippen molar-refractivity contribution in [3.8, 4) is 11.5 Å². The molecule has 2 amide bonds. The Bertz CT molecular complexity index is 1430. The van der Waals surface area contributed by atoms with Crippen LogP contribution >= 0.6 is 23.1 Å². The van der Waals surface area contributed by atoms with Crippen molar-refractivity contribution >= 4 is 45.1 Å². The van der Waals surface area contributed by atoms with Crippen LogP contribution in [-0.4, -0.2) is 79.8 Å². The van der Waals surface area contributed by atoms with Gasteiger partial charge >= 0.3 is 10.2 Å². The number of carbonyl (C=O) groups is 2. The topological polar surface area (TPSA) is 118 Å². The highest BCUT2D eigenvalue weighted by Crippen LogP contribution is 2.30. The van der Waals surface area contributed by atoms with Gasteiger partial charge in [-0.25, -0.2) is 9.71 Å². The first-order chi connectivity index (χ1) is 19.7. The third-order valence-electron chi connectivity index (χ3n) is 6.66. The molecule has 2 heterocycles. The van der Waals surface area contributed by atoms with Crippen molar-refractivity contribution in [3.05, 3.63) is 75.2 Å². The van der Waals surface area contributed by atoms with Crippen LogP contribution in [0.3, 0.4) is 0 Å². The number of thiazole rings is 1. The standard InChI is InChI=1S/C28H34N4O6S3/c1-20-24(37-2)16-22(17-25(20)38-3)28(34)31(11-7-10-21-8-5-4-6-9-21)18-26-29-23(19-40-26)27(33)30-41(35,36)32-12-14-39-15-13-32/h4-6,8-9,16-17,19H,7,10-15,18H2,1-3H3,(H,30,33). The van der Waals surface area contributed by atoms with Gasteiger partial charge < -0.3 is 14.4 Å². The van der Waals surface area contributed by atoms with E-state index in [1.165, 1.54) is 26.6 Å². The minimum Gasteiger partial charge on any atom is -0.496 e. The molecule has 4 rings (SSSR count). The smallest absolute Gasteiger partial charge is 0.304 e. The second kappa shape index (κ2) is 14.2. The summed E-state index contributed by atoms with van der Waals surface area (Å²) in [7, 11) is -0.869. The maximum Gasteiger partial charge on any atom is 0.304 e. The van der Waals surface area contributed by atoms with E-state index in [2.05, 4.69) is 9.71 Å². The lowest BCUT2D eigenvalue weighted by Gasteiger charge is -2.25. The summed E-state index contributed by atoms with van der Waals surface area (Å²) >= 11 is 2.87. The number of methoxy groups -OCH3 is 2. The normalized spacial score (nSPS) is 13.9. The van der Waals surface area contributed by atoms with Crippen molar-refractivity contribution in [1.82, 2.24) is 18.9 Å². The fourth-order valence-corrected chi connectivity index (χ4v) is 7.49. The molecule has 0 unspecified atom stereocenters. The zero-order valence-electron chi connectivity index (χ0n) is 23.3. The molecule has 1 saturated heterocycles. The molecular formula is C28H34N4O6S3. The molecule has 13 heteroatoms. The average Bonchev–Trinajstić information content (AvgIpc) is 3.46. The van der Waals surface area contributed by atoms with Gasteiger partial charge in [0.15, 0.2) is 0 Å². The Morgan fingerprint density at radius 2 is 1.73 bits per heavy atom. The molecule has 0 bridgehead atoms. The summed E-state index contributed by atoms with van der Waals surface area (Å²) in [5.41, 5.74) is 2.36. The SMILES string of the molecule is COc1cc(C(=O)N(CCCc2ccccc2)Cc2nc(C(=O)NS(=O)(=O)N3CCSCC3)cs2)cc(OC)c1C. The van der Waals surface area contributed by atoms with E-state index in [4.69, 9.17) is 9.47 Å². The molecule has 3 aromatic rings. The molecule has 1 aliphatic heterocycles. The van der Waals surface area contributed by atoms with E-state index >= 15 is 0 Å². The number of amides is 2. The van der Waals surface area contributed by atoms with Crippen molar-refractivity contribution in [2.45, 2.75) is 26.3 Å². The second-order valence-corrected chi connectivity index (χ2v) is 13.2. The van der Waals surface area contributed by atoms with Crippen LogP contribution in [0.2, 0.25) is 0 Å². The van der Waals surface area contributed by atoms with Crippen LogP contribution in [0, 0.1) is 6.92 Å². The number of carbonyl (C=O) groups excluding carboxylic acids is 2. The number of aromatic nitrogens is 1. The molecule has 2 aromatic carbocycles. The third-order valence-corrected chi connectivity index (χ3v) is 9.93. The number of aryl methyl sites for hydroxylation is 1. The van der Waals surface area contributed by atoms with E-state index < -0.39 is 16.1 Å². The molecule has 220 valence electrons. The van der Waals surface area contributed by atoms with Crippen molar-refractivity contribution in [2.75, 3.05) is 45.4 Å². The number of ether oxygens (including phenoxy) is 2. The average molecular weight is 619 g/mol. The maximum absolute atomic E-state index is 13.8. The van der Waals surface area contributed by atoms with Gasteiger partial charge in [0.05, 0.1) is 20.8 Å². The molecule has 1 aliphatic rings. The Morgan fingerprint density at radius 3 is 2.37 bits per heavy atom. The van der Waals surface area contributed by atoms with Gasteiger partial charge in [0.25, 0.3) is 11.8 Å². The zero-order valence-corrected chi connectivity index (χ0v) is 25.7. The maximum atomic E-state index is 13.8. The quantitative estimate of drug-likeness (QED) is 0.326. The Labute approximate surface area is 249 Å². The van der Waals surface area contributed by atoms with Gasteiger partial charge in [-0.2, -0.15) is 24.5 Å². The minimum atomic E-state index is -3.95. The first-order valence-electron chi connectivity index (χ1n) is 13.1. The molecule has 10 nitrogen and oxygen atoms in total. The van der Waals surface area contributed by atoms with E-state index in [1.54, 1.807) is 43.0 Å². The van der Waals surface area contributed by atoms with Crippen molar-refractivity contribution < 1.29 is 27.5 Å². The number of hydrogen-bond acceptors (Lipinski definition) is 9. The minimum absolute atomic E-state index is 0.00433. The molecule has 0 saturated carbocycles. The molecule has 1 aromatic heterocycles. The lowest BCUT2D eigenvalue weighted by molar-refractivity contribution is 0.0740. The largest absolute Gasteiger partial charge is 0.496 e. The summed E-state index contributed by atoms with van der Waals surface area (Å²) in [4.78, 5) is 32.6. The van der Waals surface area contributed by atoms with Crippen LogP contribution in [0.25, 0.3) is 0 Å². The fraction of sp³-hybridized carbons (Fsp3) is 0.393. The number of benzene rings is 2. The zero-order chi connectivity index (χ0) is 29.4. The highest BCUT2D eigenvalue weighted by atomic mass is 32.2.